The Hall–Kier alpha value is -1.86. The van der Waals surface area contributed by atoms with Crippen molar-refractivity contribution < 1.29 is 13.2 Å². The molecule has 120 valence electrons. The van der Waals surface area contributed by atoms with E-state index in [9.17, 15) is 18.0 Å². The molecular formula is C15H18F3N3O. The molecule has 0 radical (unpaired) electrons. The van der Waals surface area contributed by atoms with E-state index in [0.29, 0.717) is 11.9 Å². The molecule has 2 aromatic rings. The van der Waals surface area contributed by atoms with E-state index in [1.54, 1.807) is 18.3 Å². The molecule has 0 aliphatic carbocycles. The molecule has 1 aromatic carbocycles. The molecule has 1 unspecified atom stereocenters. The molecule has 1 atom stereocenters. The Morgan fingerprint density at radius 1 is 1.18 bits per heavy atom. The summed E-state index contributed by atoms with van der Waals surface area (Å²) in [5.74, 6) is 0. The molecule has 0 fully saturated rings. The van der Waals surface area contributed by atoms with E-state index in [0.717, 1.165) is 10.9 Å². The maximum Gasteiger partial charge on any atom is 0.401 e. The van der Waals surface area contributed by atoms with Gasteiger partial charge in [0.25, 0.3) is 5.56 Å². The molecule has 0 aliphatic rings. The molecule has 2 rings (SSSR count). The van der Waals surface area contributed by atoms with Crippen molar-refractivity contribution in [3.05, 3.63) is 46.4 Å². The number of nitrogens with one attached hydrogen (secondary N) is 3. The lowest BCUT2D eigenvalue weighted by Crippen LogP contribution is -2.35. The van der Waals surface area contributed by atoms with Gasteiger partial charge in [0.1, 0.15) is 0 Å². The third-order valence-electron chi connectivity index (χ3n) is 3.39. The summed E-state index contributed by atoms with van der Waals surface area (Å²) in [4.78, 5) is 14.4. The van der Waals surface area contributed by atoms with Crippen LogP contribution in [0, 0.1) is 0 Å². The minimum absolute atomic E-state index is 0.0885. The molecule has 0 saturated heterocycles. The third kappa shape index (κ3) is 4.32. The summed E-state index contributed by atoms with van der Waals surface area (Å²) < 4.78 is 36.0. The topological polar surface area (TPSA) is 56.9 Å². The van der Waals surface area contributed by atoms with Crippen molar-refractivity contribution in [2.75, 3.05) is 19.6 Å². The number of hydrogen-bond donors (Lipinski definition) is 3. The molecule has 0 spiro atoms. The maximum absolute atomic E-state index is 12.0. The van der Waals surface area contributed by atoms with Crippen LogP contribution in [0.15, 0.2) is 35.3 Å². The average molecular weight is 313 g/mol. The van der Waals surface area contributed by atoms with Gasteiger partial charge in [-0.15, -0.1) is 0 Å². The first-order valence-electron chi connectivity index (χ1n) is 6.99. The Morgan fingerprint density at radius 2 is 1.86 bits per heavy atom. The molecular weight excluding hydrogens is 295 g/mol. The molecule has 3 N–H and O–H groups in total. The summed E-state index contributed by atoms with van der Waals surface area (Å²) in [5, 5.41) is 6.92. The number of halogens is 3. The fourth-order valence-corrected chi connectivity index (χ4v) is 2.31. The number of H-pyrrole nitrogens is 1. The highest BCUT2D eigenvalue weighted by Gasteiger charge is 2.25. The summed E-state index contributed by atoms with van der Waals surface area (Å²) in [6.07, 6.45) is -2.55. The lowest BCUT2D eigenvalue weighted by Gasteiger charge is -2.16. The smallest absolute Gasteiger partial charge is 0.328 e. The Balaban J connectivity index is 1.97. The van der Waals surface area contributed by atoms with Gasteiger partial charge in [-0.05, 0) is 23.9 Å². The van der Waals surface area contributed by atoms with E-state index in [1.165, 1.54) is 0 Å². The van der Waals surface area contributed by atoms with E-state index in [2.05, 4.69) is 15.6 Å². The minimum Gasteiger partial charge on any atom is -0.328 e. The lowest BCUT2D eigenvalue weighted by atomic mass is 10.0. The molecule has 1 heterocycles. The highest BCUT2D eigenvalue weighted by molar-refractivity contribution is 5.84. The molecule has 0 aliphatic heterocycles. The fraction of sp³-hybridized carbons (Fsp3) is 0.400. The Labute approximate surface area is 125 Å². The first-order chi connectivity index (χ1) is 10.4. The van der Waals surface area contributed by atoms with Crippen LogP contribution in [0.1, 0.15) is 18.5 Å². The number of aromatic nitrogens is 1. The zero-order chi connectivity index (χ0) is 16.2. The van der Waals surface area contributed by atoms with Gasteiger partial charge in [0.15, 0.2) is 0 Å². The van der Waals surface area contributed by atoms with E-state index in [-0.39, 0.29) is 18.1 Å². The highest BCUT2D eigenvalue weighted by Crippen LogP contribution is 2.20. The SMILES string of the molecule is CC(NCCNCC(F)(F)F)c1c[nH]c(=O)c2ccccc12. The summed E-state index contributed by atoms with van der Waals surface area (Å²) in [7, 11) is 0. The predicted molar refractivity (Wildman–Crippen MR) is 79.9 cm³/mol. The second kappa shape index (κ2) is 6.93. The van der Waals surface area contributed by atoms with Crippen molar-refractivity contribution in [2.24, 2.45) is 0 Å². The zero-order valence-corrected chi connectivity index (χ0v) is 12.1. The number of hydrogen-bond acceptors (Lipinski definition) is 3. The van der Waals surface area contributed by atoms with Gasteiger partial charge in [-0.25, -0.2) is 0 Å². The zero-order valence-electron chi connectivity index (χ0n) is 12.1. The summed E-state index contributed by atoms with van der Waals surface area (Å²) in [6.45, 7) is 1.52. The van der Waals surface area contributed by atoms with Gasteiger partial charge in [0, 0.05) is 30.7 Å². The van der Waals surface area contributed by atoms with E-state index >= 15 is 0 Å². The van der Waals surface area contributed by atoms with Gasteiger partial charge in [0.2, 0.25) is 0 Å². The number of fused-ring (bicyclic) bond motifs is 1. The first-order valence-corrected chi connectivity index (χ1v) is 6.99. The van der Waals surface area contributed by atoms with Crippen LogP contribution in [-0.4, -0.2) is 30.8 Å². The van der Waals surface area contributed by atoms with E-state index in [1.807, 2.05) is 19.1 Å². The molecule has 0 saturated carbocycles. The number of pyridine rings is 1. The van der Waals surface area contributed by atoms with Crippen LogP contribution in [-0.2, 0) is 0 Å². The van der Waals surface area contributed by atoms with Gasteiger partial charge in [0.05, 0.1) is 6.54 Å². The van der Waals surface area contributed by atoms with E-state index < -0.39 is 12.7 Å². The number of benzene rings is 1. The highest BCUT2D eigenvalue weighted by atomic mass is 19.4. The second-order valence-electron chi connectivity index (χ2n) is 5.09. The van der Waals surface area contributed by atoms with Crippen molar-refractivity contribution in [1.82, 2.24) is 15.6 Å². The van der Waals surface area contributed by atoms with E-state index in [4.69, 9.17) is 0 Å². The van der Waals surface area contributed by atoms with Gasteiger partial charge >= 0.3 is 6.18 Å². The Bertz CT molecular complexity index is 682. The normalized spacial score (nSPS) is 13.5. The molecule has 4 nitrogen and oxygen atoms in total. The molecule has 22 heavy (non-hydrogen) atoms. The third-order valence-corrected chi connectivity index (χ3v) is 3.39. The monoisotopic (exact) mass is 313 g/mol. The molecule has 1 aromatic heterocycles. The summed E-state index contributed by atoms with van der Waals surface area (Å²) in [6, 6.07) is 7.16. The van der Waals surface area contributed by atoms with Gasteiger partial charge in [-0.3, -0.25) is 4.79 Å². The van der Waals surface area contributed by atoms with Crippen molar-refractivity contribution >= 4 is 10.8 Å². The van der Waals surface area contributed by atoms with Crippen LogP contribution in [0.2, 0.25) is 0 Å². The number of rotatable bonds is 6. The van der Waals surface area contributed by atoms with Crippen LogP contribution in [0.25, 0.3) is 10.8 Å². The summed E-state index contributed by atoms with van der Waals surface area (Å²) in [5.41, 5.74) is 0.754. The van der Waals surface area contributed by atoms with Crippen LogP contribution in [0.4, 0.5) is 13.2 Å². The Morgan fingerprint density at radius 3 is 2.55 bits per heavy atom. The summed E-state index contributed by atoms with van der Waals surface area (Å²) >= 11 is 0. The molecule has 7 heteroatoms. The Kier molecular flexibility index (Phi) is 5.20. The number of aromatic amines is 1. The maximum atomic E-state index is 12.0. The van der Waals surface area contributed by atoms with Gasteiger partial charge < -0.3 is 15.6 Å². The van der Waals surface area contributed by atoms with Gasteiger partial charge in [-0.1, -0.05) is 18.2 Å². The predicted octanol–water partition coefficient (Wildman–Crippen LogP) is 2.33. The van der Waals surface area contributed by atoms with Crippen molar-refractivity contribution in [1.29, 1.82) is 0 Å². The van der Waals surface area contributed by atoms with Crippen molar-refractivity contribution in [3.63, 3.8) is 0 Å². The van der Waals surface area contributed by atoms with Crippen molar-refractivity contribution in [2.45, 2.75) is 19.1 Å². The van der Waals surface area contributed by atoms with Crippen LogP contribution in [0.3, 0.4) is 0 Å². The fourth-order valence-electron chi connectivity index (χ4n) is 2.31. The standard InChI is InChI=1S/C15H18F3N3O/c1-10(20-7-6-19-9-15(16,17)18)13-8-21-14(22)12-5-3-2-4-11(12)13/h2-5,8,10,19-20H,6-7,9H2,1H3,(H,21,22). The van der Waals surface area contributed by atoms with Crippen molar-refractivity contribution in [3.8, 4) is 0 Å². The van der Waals surface area contributed by atoms with Crippen LogP contribution >= 0.6 is 0 Å². The first kappa shape index (κ1) is 16.5. The largest absolute Gasteiger partial charge is 0.401 e. The second-order valence-corrected chi connectivity index (χ2v) is 5.09. The molecule has 0 amide bonds. The van der Waals surface area contributed by atoms with Gasteiger partial charge in [-0.2, -0.15) is 13.2 Å². The lowest BCUT2D eigenvalue weighted by molar-refractivity contribution is -0.124. The van der Waals surface area contributed by atoms with Crippen LogP contribution in [0.5, 0.6) is 0 Å². The minimum atomic E-state index is -4.19. The van der Waals surface area contributed by atoms with Crippen LogP contribution < -0.4 is 16.2 Å². The average Bonchev–Trinajstić information content (AvgIpc) is 2.46. The number of alkyl halides is 3. The molecule has 0 bridgehead atoms. The quantitative estimate of drug-likeness (QED) is 0.718.